The second kappa shape index (κ2) is 6.12. The smallest absolute Gasteiger partial charge is 0.250 e. The highest BCUT2D eigenvalue weighted by atomic mass is 16.5. The molecule has 0 spiro atoms. The molecule has 0 radical (unpaired) electrons. The number of hydrogen-bond donors (Lipinski definition) is 1. The molecular weight excluding hydrogens is 262 g/mol. The molecule has 110 valence electrons. The first kappa shape index (κ1) is 13.9. The maximum atomic E-state index is 5.76. The molecule has 1 saturated carbocycles. The van der Waals surface area contributed by atoms with Crippen LogP contribution in [0.15, 0.2) is 28.8 Å². The maximum Gasteiger partial charge on any atom is 0.250 e. The van der Waals surface area contributed by atoms with Crippen molar-refractivity contribution in [3.8, 4) is 0 Å². The number of rotatable bonds is 4. The molecule has 0 saturated heterocycles. The molecule has 0 bridgehead atoms. The second-order valence-electron chi connectivity index (χ2n) is 5.78. The van der Waals surface area contributed by atoms with E-state index in [0.29, 0.717) is 11.8 Å². The minimum atomic E-state index is 0.466. The van der Waals surface area contributed by atoms with Gasteiger partial charge in [-0.15, -0.1) is 0 Å². The minimum absolute atomic E-state index is 0.466. The van der Waals surface area contributed by atoms with Crippen LogP contribution < -0.4 is 5.73 Å². The molecule has 2 N–H and O–H groups in total. The topological polar surface area (TPSA) is 64.9 Å². The summed E-state index contributed by atoms with van der Waals surface area (Å²) in [6, 6.07) is 7.70. The van der Waals surface area contributed by atoms with E-state index in [0.717, 1.165) is 23.0 Å². The van der Waals surface area contributed by atoms with Gasteiger partial charge in [-0.3, -0.25) is 0 Å². The number of anilines is 1. The van der Waals surface area contributed by atoms with Gasteiger partial charge in [0, 0.05) is 17.7 Å². The van der Waals surface area contributed by atoms with E-state index in [2.05, 4.69) is 17.1 Å². The zero-order valence-corrected chi connectivity index (χ0v) is 12.3. The van der Waals surface area contributed by atoms with Gasteiger partial charge in [-0.1, -0.05) is 30.6 Å². The monoisotopic (exact) mass is 283 g/mol. The van der Waals surface area contributed by atoms with Crippen LogP contribution >= 0.6 is 0 Å². The number of nitrogens with two attached hydrogens (primary N) is 1. The predicted octanol–water partition coefficient (Wildman–Crippen LogP) is 4.12. The fourth-order valence-electron chi connectivity index (χ4n) is 2.99. The first-order chi connectivity index (χ1) is 10.2. The lowest BCUT2D eigenvalue weighted by atomic mass is 10.0. The molecule has 3 rings (SSSR count). The standard InChI is InChI=1S/C17H21N3O/c1-2-12-6-8-14(10-12)17-19-16(21-20-17)9-7-13-4-3-5-15(18)11-13/h3-5,7,9,11-12,14H,2,6,8,10,18H2,1H3/b9-7+. The Labute approximate surface area is 125 Å². The van der Waals surface area contributed by atoms with Gasteiger partial charge in [-0.05, 0) is 49.0 Å². The van der Waals surface area contributed by atoms with Crippen molar-refractivity contribution in [1.82, 2.24) is 10.1 Å². The van der Waals surface area contributed by atoms with Gasteiger partial charge >= 0.3 is 0 Å². The number of hydrogen-bond acceptors (Lipinski definition) is 4. The van der Waals surface area contributed by atoms with Crippen LogP contribution in [-0.2, 0) is 0 Å². The van der Waals surface area contributed by atoms with E-state index in [1.165, 1.54) is 25.7 Å². The van der Waals surface area contributed by atoms with E-state index in [9.17, 15) is 0 Å². The third-order valence-corrected chi connectivity index (χ3v) is 4.27. The van der Waals surface area contributed by atoms with Crippen molar-refractivity contribution < 1.29 is 4.52 Å². The van der Waals surface area contributed by atoms with E-state index in [1.54, 1.807) is 0 Å². The van der Waals surface area contributed by atoms with Crippen molar-refractivity contribution in [2.75, 3.05) is 5.73 Å². The summed E-state index contributed by atoms with van der Waals surface area (Å²) in [5.74, 6) is 2.71. The van der Waals surface area contributed by atoms with Gasteiger partial charge in [0.15, 0.2) is 5.82 Å². The fraction of sp³-hybridized carbons (Fsp3) is 0.412. The average Bonchev–Trinajstić information content (AvgIpc) is 3.14. The van der Waals surface area contributed by atoms with Crippen molar-refractivity contribution in [2.24, 2.45) is 5.92 Å². The van der Waals surface area contributed by atoms with Crippen LogP contribution in [0.4, 0.5) is 5.69 Å². The zero-order chi connectivity index (χ0) is 14.7. The number of benzene rings is 1. The lowest BCUT2D eigenvalue weighted by Crippen LogP contribution is -1.97. The van der Waals surface area contributed by atoms with Crippen molar-refractivity contribution in [1.29, 1.82) is 0 Å². The average molecular weight is 283 g/mol. The summed E-state index contributed by atoms with van der Waals surface area (Å²) in [4.78, 5) is 4.50. The lowest BCUT2D eigenvalue weighted by Gasteiger charge is -2.04. The summed E-state index contributed by atoms with van der Waals surface area (Å²) in [5, 5.41) is 4.13. The SMILES string of the molecule is CCC1CCC(c2noc(/C=C/c3cccc(N)c3)n2)C1. The quantitative estimate of drug-likeness (QED) is 0.857. The van der Waals surface area contributed by atoms with Crippen LogP contribution in [-0.4, -0.2) is 10.1 Å². The van der Waals surface area contributed by atoms with Gasteiger partial charge < -0.3 is 10.3 Å². The highest BCUT2D eigenvalue weighted by Gasteiger charge is 2.27. The first-order valence-electron chi connectivity index (χ1n) is 7.62. The summed E-state index contributed by atoms with van der Waals surface area (Å²) >= 11 is 0. The molecule has 2 aromatic rings. The van der Waals surface area contributed by atoms with Gasteiger partial charge in [-0.25, -0.2) is 0 Å². The van der Waals surface area contributed by atoms with Gasteiger partial charge in [0.1, 0.15) is 0 Å². The van der Waals surface area contributed by atoms with Gasteiger partial charge in [0.25, 0.3) is 5.89 Å². The Morgan fingerprint density at radius 1 is 1.33 bits per heavy atom. The molecular formula is C17H21N3O. The maximum absolute atomic E-state index is 5.76. The summed E-state index contributed by atoms with van der Waals surface area (Å²) < 4.78 is 5.32. The Morgan fingerprint density at radius 3 is 3.00 bits per heavy atom. The Kier molecular flexibility index (Phi) is 4.04. The molecule has 1 fully saturated rings. The Hall–Kier alpha value is -2.10. The van der Waals surface area contributed by atoms with Crippen molar-refractivity contribution in [2.45, 2.75) is 38.5 Å². The van der Waals surface area contributed by atoms with E-state index in [4.69, 9.17) is 10.3 Å². The van der Waals surface area contributed by atoms with E-state index >= 15 is 0 Å². The van der Waals surface area contributed by atoms with E-state index < -0.39 is 0 Å². The van der Waals surface area contributed by atoms with Crippen molar-refractivity contribution in [3.05, 3.63) is 41.5 Å². The van der Waals surface area contributed by atoms with Crippen molar-refractivity contribution in [3.63, 3.8) is 0 Å². The minimum Gasteiger partial charge on any atom is -0.399 e. The summed E-state index contributed by atoms with van der Waals surface area (Å²) in [6.45, 7) is 2.25. The van der Waals surface area contributed by atoms with Gasteiger partial charge in [0.2, 0.25) is 0 Å². The first-order valence-corrected chi connectivity index (χ1v) is 7.62. The van der Waals surface area contributed by atoms with E-state index in [1.807, 2.05) is 36.4 Å². The third-order valence-electron chi connectivity index (χ3n) is 4.27. The molecule has 1 aromatic carbocycles. The Morgan fingerprint density at radius 2 is 2.24 bits per heavy atom. The zero-order valence-electron chi connectivity index (χ0n) is 12.3. The molecule has 1 aromatic heterocycles. The highest BCUT2D eigenvalue weighted by Crippen LogP contribution is 2.38. The van der Waals surface area contributed by atoms with Crippen LogP contribution in [0.25, 0.3) is 12.2 Å². The molecule has 4 nitrogen and oxygen atoms in total. The number of aromatic nitrogens is 2. The van der Waals surface area contributed by atoms with E-state index in [-0.39, 0.29) is 0 Å². The van der Waals surface area contributed by atoms with Crippen LogP contribution in [0, 0.1) is 5.92 Å². The van der Waals surface area contributed by atoms with Gasteiger partial charge in [-0.2, -0.15) is 4.98 Å². The molecule has 1 aliphatic carbocycles. The van der Waals surface area contributed by atoms with Gasteiger partial charge in [0.05, 0.1) is 0 Å². The largest absolute Gasteiger partial charge is 0.399 e. The highest BCUT2D eigenvalue weighted by molar-refractivity contribution is 5.67. The Bertz CT molecular complexity index is 632. The molecule has 2 unspecified atom stereocenters. The molecule has 2 atom stereocenters. The fourth-order valence-corrected chi connectivity index (χ4v) is 2.99. The lowest BCUT2D eigenvalue weighted by molar-refractivity contribution is 0.396. The molecule has 0 amide bonds. The van der Waals surface area contributed by atoms with Crippen LogP contribution in [0.5, 0.6) is 0 Å². The summed E-state index contributed by atoms with van der Waals surface area (Å²) in [6.07, 6.45) is 8.68. The molecule has 21 heavy (non-hydrogen) atoms. The molecule has 0 aliphatic heterocycles. The van der Waals surface area contributed by atoms with Crippen LogP contribution in [0.2, 0.25) is 0 Å². The Balaban J connectivity index is 1.68. The summed E-state index contributed by atoms with van der Waals surface area (Å²) in [7, 11) is 0. The van der Waals surface area contributed by atoms with Crippen molar-refractivity contribution >= 4 is 17.8 Å². The molecule has 1 aliphatic rings. The normalized spacial score (nSPS) is 22.1. The number of nitrogens with zero attached hydrogens (tertiary/aromatic N) is 2. The van der Waals surface area contributed by atoms with Crippen LogP contribution in [0.1, 0.15) is 55.8 Å². The molecule has 1 heterocycles. The predicted molar refractivity (Wildman–Crippen MR) is 84.5 cm³/mol. The summed E-state index contributed by atoms with van der Waals surface area (Å²) in [5.41, 5.74) is 7.53. The van der Waals surface area contributed by atoms with Crippen LogP contribution in [0.3, 0.4) is 0 Å². The number of nitrogen functional groups attached to an aromatic ring is 1. The second-order valence-corrected chi connectivity index (χ2v) is 5.78. The molecule has 4 heteroatoms. The third kappa shape index (κ3) is 3.32.